The van der Waals surface area contributed by atoms with Gasteiger partial charge in [0, 0.05) is 6.42 Å². The van der Waals surface area contributed by atoms with Crippen molar-refractivity contribution < 1.29 is 19.0 Å². The lowest BCUT2D eigenvalue weighted by atomic mass is 9.91. The van der Waals surface area contributed by atoms with Gasteiger partial charge in [-0.1, -0.05) is 6.92 Å². The normalized spacial score (nSPS) is 13.8. The zero-order valence-electron chi connectivity index (χ0n) is 11.7. The average molecular weight is 283 g/mol. The maximum Gasteiger partial charge on any atom is 0.303 e. The van der Waals surface area contributed by atoms with E-state index in [4.69, 9.17) is 15.6 Å². The van der Waals surface area contributed by atoms with Gasteiger partial charge in [-0.25, -0.2) is 4.39 Å². The fourth-order valence-electron chi connectivity index (χ4n) is 2.11. The Hall–Kier alpha value is -1.62. The number of halogens is 1. The molecule has 3 N–H and O–H groups in total. The van der Waals surface area contributed by atoms with Crippen molar-refractivity contribution in [3.63, 3.8) is 0 Å². The quantitative estimate of drug-likeness (QED) is 0.731. The highest BCUT2D eigenvalue weighted by molar-refractivity contribution is 5.67. The Morgan fingerprint density at radius 3 is 2.60 bits per heavy atom. The number of hydrogen-bond acceptors (Lipinski definition) is 3. The molecular formula is C15H22FNO3. The molecule has 4 nitrogen and oxygen atoms in total. The van der Waals surface area contributed by atoms with Gasteiger partial charge in [0.1, 0.15) is 11.6 Å². The molecule has 0 radical (unpaired) electrons. The predicted molar refractivity (Wildman–Crippen MR) is 75.1 cm³/mol. The Labute approximate surface area is 118 Å². The SMILES string of the molecule is C[C@H](CCOc1ccc(F)cc1)C[C@H](CN)CC(=O)O. The molecule has 112 valence electrons. The highest BCUT2D eigenvalue weighted by atomic mass is 19.1. The summed E-state index contributed by atoms with van der Waals surface area (Å²) >= 11 is 0. The van der Waals surface area contributed by atoms with E-state index in [1.165, 1.54) is 12.1 Å². The van der Waals surface area contributed by atoms with E-state index in [1.54, 1.807) is 12.1 Å². The highest BCUT2D eigenvalue weighted by Gasteiger charge is 2.15. The monoisotopic (exact) mass is 283 g/mol. The number of nitrogens with two attached hydrogens (primary N) is 1. The van der Waals surface area contributed by atoms with Gasteiger partial charge < -0.3 is 15.6 Å². The number of aliphatic carboxylic acids is 1. The van der Waals surface area contributed by atoms with E-state index in [1.807, 2.05) is 0 Å². The Kier molecular flexibility index (Phi) is 7.01. The minimum atomic E-state index is -0.810. The van der Waals surface area contributed by atoms with Gasteiger partial charge >= 0.3 is 5.97 Å². The Bertz CT molecular complexity index is 408. The number of carbonyl (C=O) groups is 1. The van der Waals surface area contributed by atoms with Crippen molar-refractivity contribution in [3.05, 3.63) is 30.1 Å². The number of carboxylic acids is 1. The first-order valence-electron chi connectivity index (χ1n) is 6.81. The molecule has 0 saturated heterocycles. The molecule has 1 rings (SSSR count). The number of rotatable bonds is 9. The first-order valence-corrected chi connectivity index (χ1v) is 6.81. The minimum absolute atomic E-state index is 0.00770. The van der Waals surface area contributed by atoms with Crippen LogP contribution in [0.3, 0.4) is 0 Å². The summed E-state index contributed by atoms with van der Waals surface area (Å²) in [4.78, 5) is 10.7. The maximum absolute atomic E-state index is 12.7. The number of carboxylic acid groups (broad SMARTS) is 1. The van der Waals surface area contributed by atoms with Crippen molar-refractivity contribution in [2.24, 2.45) is 17.6 Å². The molecule has 0 spiro atoms. The lowest BCUT2D eigenvalue weighted by molar-refractivity contribution is -0.138. The third kappa shape index (κ3) is 6.52. The predicted octanol–water partition coefficient (Wildman–Crippen LogP) is 2.67. The molecule has 0 aliphatic heterocycles. The highest BCUT2D eigenvalue weighted by Crippen LogP contribution is 2.19. The summed E-state index contributed by atoms with van der Waals surface area (Å²) in [6.07, 6.45) is 1.70. The van der Waals surface area contributed by atoms with Gasteiger partial charge in [-0.2, -0.15) is 0 Å². The van der Waals surface area contributed by atoms with Crippen LogP contribution in [0.1, 0.15) is 26.2 Å². The molecule has 0 saturated carbocycles. The Morgan fingerprint density at radius 1 is 1.40 bits per heavy atom. The first-order chi connectivity index (χ1) is 9.51. The summed E-state index contributed by atoms with van der Waals surface area (Å²) in [5.41, 5.74) is 5.57. The summed E-state index contributed by atoms with van der Waals surface area (Å²) in [6.45, 7) is 2.96. The Morgan fingerprint density at radius 2 is 2.05 bits per heavy atom. The van der Waals surface area contributed by atoms with Crippen molar-refractivity contribution >= 4 is 5.97 Å². The van der Waals surface area contributed by atoms with Crippen molar-refractivity contribution in [3.8, 4) is 5.75 Å². The van der Waals surface area contributed by atoms with Crippen LogP contribution in [0.15, 0.2) is 24.3 Å². The molecular weight excluding hydrogens is 261 g/mol. The molecule has 1 aromatic rings. The fraction of sp³-hybridized carbons (Fsp3) is 0.533. The molecule has 0 fully saturated rings. The van der Waals surface area contributed by atoms with Crippen LogP contribution in [0.25, 0.3) is 0 Å². The number of ether oxygens (including phenoxy) is 1. The van der Waals surface area contributed by atoms with Crippen molar-refractivity contribution in [1.29, 1.82) is 0 Å². The standard InChI is InChI=1S/C15H22FNO3/c1-11(8-12(10-17)9-15(18)19)6-7-20-14-4-2-13(16)3-5-14/h2-5,11-12H,6-10,17H2,1H3,(H,18,19)/t11-,12+/m1/s1. The van der Waals surface area contributed by atoms with Gasteiger partial charge in [0.25, 0.3) is 0 Å². The largest absolute Gasteiger partial charge is 0.494 e. The van der Waals surface area contributed by atoms with Gasteiger partial charge in [-0.05, 0) is 55.5 Å². The summed E-state index contributed by atoms with van der Waals surface area (Å²) in [5.74, 6) is -0.114. The topological polar surface area (TPSA) is 72.5 Å². The molecule has 0 unspecified atom stereocenters. The summed E-state index contributed by atoms with van der Waals surface area (Å²) in [6, 6.07) is 5.90. The van der Waals surface area contributed by atoms with E-state index in [-0.39, 0.29) is 18.2 Å². The Balaban J connectivity index is 2.26. The lowest BCUT2D eigenvalue weighted by Gasteiger charge is -2.18. The summed E-state index contributed by atoms with van der Waals surface area (Å²) in [5, 5.41) is 8.76. The van der Waals surface area contributed by atoms with E-state index < -0.39 is 5.97 Å². The zero-order chi connectivity index (χ0) is 15.0. The van der Waals surface area contributed by atoms with Crippen LogP contribution in [-0.4, -0.2) is 24.2 Å². The van der Waals surface area contributed by atoms with Crippen molar-refractivity contribution in [2.75, 3.05) is 13.2 Å². The summed E-state index contributed by atoms with van der Waals surface area (Å²) in [7, 11) is 0. The van der Waals surface area contributed by atoms with Gasteiger partial charge in [0.15, 0.2) is 0 Å². The molecule has 0 amide bonds. The number of benzene rings is 1. The van der Waals surface area contributed by atoms with E-state index in [0.29, 0.717) is 24.8 Å². The molecule has 1 aromatic carbocycles. The molecule has 0 aromatic heterocycles. The second-order valence-corrected chi connectivity index (χ2v) is 5.13. The van der Waals surface area contributed by atoms with E-state index in [9.17, 15) is 9.18 Å². The molecule has 20 heavy (non-hydrogen) atoms. The van der Waals surface area contributed by atoms with Gasteiger partial charge in [0.05, 0.1) is 6.61 Å². The lowest BCUT2D eigenvalue weighted by Crippen LogP contribution is -2.21. The van der Waals surface area contributed by atoms with Crippen LogP contribution in [0.4, 0.5) is 4.39 Å². The van der Waals surface area contributed by atoms with Crippen LogP contribution in [0.2, 0.25) is 0 Å². The van der Waals surface area contributed by atoms with Gasteiger partial charge in [-0.3, -0.25) is 4.79 Å². The molecule has 2 atom stereocenters. The zero-order valence-corrected chi connectivity index (χ0v) is 11.7. The van der Waals surface area contributed by atoms with Crippen LogP contribution >= 0.6 is 0 Å². The second kappa shape index (κ2) is 8.53. The van der Waals surface area contributed by atoms with E-state index in [2.05, 4.69) is 6.92 Å². The van der Waals surface area contributed by atoms with Crippen LogP contribution in [0.5, 0.6) is 5.75 Å². The van der Waals surface area contributed by atoms with Crippen LogP contribution in [0, 0.1) is 17.7 Å². The van der Waals surface area contributed by atoms with Crippen molar-refractivity contribution in [2.45, 2.75) is 26.2 Å². The summed E-state index contributed by atoms with van der Waals surface area (Å²) < 4.78 is 18.2. The first kappa shape index (κ1) is 16.4. The average Bonchev–Trinajstić information content (AvgIpc) is 2.39. The van der Waals surface area contributed by atoms with Crippen LogP contribution in [-0.2, 0) is 4.79 Å². The minimum Gasteiger partial charge on any atom is -0.494 e. The molecule has 5 heteroatoms. The molecule has 0 aliphatic rings. The molecule has 0 heterocycles. The maximum atomic E-state index is 12.7. The van der Waals surface area contributed by atoms with Crippen LogP contribution < -0.4 is 10.5 Å². The second-order valence-electron chi connectivity index (χ2n) is 5.13. The molecule has 0 aliphatic carbocycles. The van der Waals surface area contributed by atoms with E-state index >= 15 is 0 Å². The third-order valence-corrected chi connectivity index (χ3v) is 3.23. The van der Waals surface area contributed by atoms with Crippen molar-refractivity contribution in [1.82, 2.24) is 0 Å². The number of hydrogen-bond donors (Lipinski definition) is 2. The van der Waals surface area contributed by atoms with E-state index in [0.717, 1.165) is 12.8 Å². The smallest absolute Gasteiger partial charge is 0.303 e. The molecule has 0 bridgehead atoms. The third-order valence-electron chi connectivity index (χ3n) is 3.23. The van der Waals surface area contributed by atoms with Gasteiger partial charge in [0.2, 0.25) is 0 Å². The fourth-order valence-corrected chi connectivity index (χ4v) is 2.11. The van der Waals surface area contributed by atoms with Gasteiger partial charge in [-0.15, -0.1) is 0 Å².